The van der Waals surface area contributed by atoms with Gasteiger partial charge in [0.15, 0.2) is 0 Å². The van der Waals surface area contributed by atoms with Crippen LogP contribution in [0, 0.1) is 37.0 Å². The van der Waals surface area contributed by atoms with Gasteiger partial charge in [-0.15, -0.1) is 0 Å². The summed E-state index contributed by atoms with van der Waals surface area (Å²) in [6, 6.07) is 0. The molecule has 0 aromatic carbocycles. The molecule has 5 rings (SSSR count). The van der Waals surface area contributed by atoms with Crippen molar-refractivity contribution in [2.24, 2.45) is 30.2 Å². The minimum absolute atomic E-state index is 0.0684. The van der Waals surface area contributed by atoms with E-state index < -0.39 is 0 Å². The number of hydrogen-bond donors (Lipinski definition) is 1. The smallest absolute Gasteiger partial charge is 0.255 e. The van der Waals surface area contributed by atoms with Gasteiger partial charge in [-0.1, -0.05) is 0 Å². The minimum atomic E-state index is 0.0684. The molecule has 0 spiro atoms. The van der Waals surface area contributed by atoms with Crippen molar-refractivity contribution in [2.75, 3.05) is 6.54 Å². The van der Waals surface area contributed by atoms with Crippen LogP contribution >= 0.6 is 0 Å². The lowest BCUT2D eigenvalue weighted by Gasteiger charge is -2.56. The van der Waals surface area contributed by atoms with Crippen LogP contribution < -0.4 is 5.32 Å². The molecule has 22 heavy (non-hydrogen) atoms. The van der Waals surface area contributed by atoms with Crippen molar-refractivity contribution in [1.82, 2.24) is 15.1 Å². The first-order valence-corrected chi connectivity index (χ1v) is 8.74. The molecule has 0 aliphatic heterocycles. The van der Waals surface area contributed by atoms with Crippen molar-refractivity contribution in [1.29, 1.82) is 0 Å². The first-order chi connectivity index (χ1) is 10.5. The Morgan fingerprint density at radius 3 is 2.18 bits per heavy atom. The number of hydrogen-bond acceptors (Lipinski definition) is 2. The van der Waals surface area contributed by atoms with E-state index in [1.165, 1.54) is 38.5 Å². The molecule has 4 heteroatoms. The van der Waals surface area contributed by atoms with Crippen LogP contribution in [0.3, 0.4) is 0 Å². The molecule has 4 fully saturated rings. The van der Waals surface area contributed by atoms with Crippen molar-refractivity contribution in [2.45, 2.75) is 52.4 Å². The van der Waals surface area contributed by atoms with Crippen LogP contribution in [0.1, 0.15) is 60.3 Å². The van der Waals surface area contributed by atoms with Crippen molar-refractivity contribution < 1.29 is 4.79 Å². The molecule has 4 aliphatic rings. The first-order valence-electron chi connectivity index (χ1n) is 8.74. The molecule has 4 nitrogen and oxygen atoms in total. The molecule has 0 saturated heterocycles. The van der Waals surface area contributed by atoms with Gasteiger partial charge in [-0.2, -0.15) is 5.10 Å². The molecule has 1 amide bonds. The lowest BCUT2D eigenvalue weighted by Crippen LogP contribution is -2.51. The average molecular weight is 301 g/mol. The fourth-order valence-electron chi connectivity index (χ4n) is 5.96. The van der Waals surface area contributed by atoms with E-state index >= 15 is 0 Å². The summed E-state index contributed by atoms with van der Waals surface area (Å²) >= 11 is 0. The lowest BCUT2D eigenvalue weighted by atomic mass is 9.49. The predicted octanol–water partition coefficient (Wildman–Crippen LogP) is 2.98. The Kier molecular flexibility index (Phi) is 3.14. The molecule has 1 N–H and O–H groups in total. The number of nitrogens with one attached hydrogen (secondary N) is 1. The summed E-state index contributed by atoms with van der Waals surface area (Å²) < 4.78 is 1.80. The summed E-state index contributed by atoms with van der Waals surface area (Å²) in [5.74, 6) is 2.87. The Morgan fingerprint density at radius 2 is 1.73 bits per heavy atom. The largest absolute Gasteiger partial charge is 0.351 e. The molecule has 0 atom stereocenters. The van der Waals surface area contributed by atoms with Gasteiger partial charge in [0.25, 0.3) is 5.91 Å². The topological polar surface area (TPSA) is 46.9 Å². The van der Waals surface area contributed by atoms with Crippen LogP contribution in [-0.4, -0.2) is 22.2 Å². The third-order valence-corrected chi connectivity index (χ3v) is 6.53. The summed E-state index contributed by atoms with van der Waals surface area (Å²) in [4.78, 5) is 12.6. The first kappa shape index (κ1) is 14.3. The van der Waals surface area contributed by atoms with E-state index in [1.807, 2.05) is 20.9 Å². The number of carbonyl (C=O) groups is 1. The molecular formula is C18H27N3O. The van der Waals surface area contributed by atoms with Crippen LogP contribution in [0.5, 0.6) is 0 Å². The quantitative estimate of drug-likeness (QED) is 0.933. The second-order valence-corrected chi connectivity index (χ2v) is 8.27. The van der Waals surface area contributed by atoms with Crippen LogP contribution in [0.4, 0.5) is 0 Å². The Hall–Kier alpha value is -1.32. The number of aryl methyl sites for hydroxylation is 2. The van der Waals surface area contributed by atoms with E-state index in [2.05, 4.69) is 10.4 Å². The molecule has 0 unspecified atom stereocenters. The van der Waals surface area contributed by atoms with Crippen molar-refractivity contribution >= 4 is 5.91 Å². The molecule has 4 saturated carbocycles. The lowest BCUT2D eigenvalue weighted by molar-refractivity contribution is -0.0503. The van der Waals surface area contributed by atoms with E-state index in [1.54, 1.807) is 4.68 Å². The van der Waals surface area contributed by atoms with Gasteiger partial charge in [0.2, 0.25) is 0 Å². The van der Waals surface area contributed by atoms with Gasteiger partial charge in [0.1, 0.15) is 0 Å². The summed E-state index contributed by atoms with van der Waals surface area (Å²) in [7, 11) is 1.90. The average Bonchev–Trinajstić information content (AvgIpc) is 2.68. The van der Waals surface area contributed by atoms with Crippen LogP contribution in [0.15, 0.2) is 0 Å². The monoisotopic (exact) mass is 301 g/mol. The zero-order chi connectivity index (χ0) is 15.5. The van der Waals surface area contributed by atoms with Crippen molar-refractivity contribution in [3.05, 3.63) is 17.0 Å². The number of carbonyl (C=O) groups excluding carboxylic acids is 1. The SMILES string of the molecule is Cc1nn(C)c(C)c1C(=O)NCC12CC3CC(CC(C3)C1)C2. The molecule has 1 heterocycles. The highest BCUT2D eigenvalue weighted by Gasteiger charge is 2.50. The normalized spacial score (nSPS) is 35.9. The van der Waals surface area contributed by atoms with Crippen LogP contribution in [-0.2, 0) is 7.05 Å². The van der Waals surface area contributed by atoms with Gasteiger partial charge in [-0.3, -0.25) is 9.48 Å². The summed E-state index contributed by atoms with van der Waals surface area (Å²) in [5, 5.41) is 7.62. The highest BCUT2D eigenvalue weighted by molar-refractivity contribution is 5.96. The molecule has 1 aromatic rings. The highest BCUT2D eigenvalue weighted by Crippen LogP contribution is 2.59. The third kappa shape index (κ3) is 2.19. The van der Waals surface area contributed by atoms with Gasteiger partial charge in [0.05, 0.1) is 11.3 Å². The van der Waals surface area contributed by atoms with E-state index in [9.17, 15) is 4.79 Å². The van der Waals surface area contributed by atoms with E-state index in [0.717, 1.165) is 41.2 Å². The molecule has 0 radical (unpaired) electrons. The van der Waals surface area contributed by atoms with E-state index in [-0.39, 0.29) is 5.91 Å². The van der Waals surface area contributed by atoms with Crippen LogP contribution in [0.25, 0.3) is 0 Å². The van der Waals surface area contributed by atoms with Gasteiger partial charge in [-0.25, -0.2) is 0 Å². The van der Waals surface area contributed by atoms with Gasteiger partial charge in [-0.05, 0) is 75.5 Å². The summed E-state index contributed by atoms with van der Waals surface area (Å²) in [6.07, 6.45) is 8.37. The highest BCUT2D eigenvalue weighted by atomic mass is 16.1. The predicted molar refractivity (Wildman–Crippen MR) is 85.6 cm³/mol. The maximum atomic E-state index is 12.6. The van der Waals surface area contributed by atoms with E-state index in [0.29, 0.717) is 5.41 Å². The second-order valence-electron chi connectivity index (χ2n) is 8.27. The maximum Gasteiger partial charge on any atom is 0.255 e. The Morgan fingerprint density at radius 1 is 1.18 bits per heavy atom. The minimum Gasteiger partial charge on any atom is -0.351 e. The van der Waals surface area contributed by atoms with Crippen molar-refractivity contribution in [3.63, 3.8) is 0 Å². The molecule has 4 bridgehead atoms. The maximum absolute atomic E-state index is 12.6. The van der Waals surface area contributed by atoms with Crippen molar-refractivity contribution in [3.8, 4) is 0 Å². The standard InChI is InChI=1S/C18H27N3O/c1-11-16(12(2)21(3)20-11)17(22)19-10-18-7-13-4-14(8-18)6-15(5-13)9-18/h13-15H,4-10H2,1-3H3,(H,19,22). The number of rotatable bonds is 3. The van der Waals surface area contributed by atoms with Crippen LogP contribution in [0.2, 0.25) is 0 Å². The van der Waals surface area contributed by atoms with Gasteiger partial charge in [0, 0.05) is 19.3 Å². The Balaban J connectivity index is 1.47. The third-order valence-electron chi connectivity index (χ3n) is 6.53. The molecular weight excluding hydrogens is 274 g/mol. The Bertz CT molecular complexity index is 581. The second kappa shape index (κ2) is 4.84. The number of nitrogens with zero attached hydrogens (tertiary/aromatic N) is 2. The van der Waals surface area contributed by atoms with E-state index in [4.69, 9.17) is 0 Å². The molecule has 1 aromatic heterocycles. The molecule has 120 valence electrons. The fourth-order valence-corrected chi connectivity index (χ4v) is 5.96. The Labute approximate surface area is 132 Å². The fraction of sp³-hybridized carbons (Fsp3) is 0.778. The zero-order valence-electron chi connectivity index (χ0n) is 14.0. The van der Waals surface area contributed by atoms with Gasteiger partial charge >= 0.3 is 0 Å². The van der Waals surface area contributed by atoms with Gasteiger partial charge < -0.3 is 5.32 Å². The summed E-state index contributed by atoms with van der Waals surface area (Å²) in [6.45, 7) is 4.76. The molecule has 4 aliphatic carbocycles. The summed E-state index contributed by atoms with van der Waals surface area (Å²) in [5.41, 5.74) is 2.96. The zero-order valence-corrected chi connectivity index (χ0v) is 14.0. The number of amides is 1. The number of aromatic nitrogens is 2.